The van der Waals surface area contributed by atoms with Gasteiger partial charge in [-0.25, -0.2) is 15.5 Å². The van der Waals surface area contributed by atoms with Crippen LogP contribution in [0.1, 0.15) is 72.8 Å². The first-order chi connectivity index (χ1) is 16.5. The van der Waals surface area contributed by atoms with Gasteiger partial charge >= 0.3 is 0 Å². The van der Waals surface area contributed by atoms with E-state index in [0.29, 0.717) is 12.8 Å². The van der Waals surface area contributed by atoms with E-state index in [-0.39, 0.29) is 43.0 Å². The van der Waals surface area contributed by atoms with Crippen LogP contribution >= 0.6 is 0 Å². The Hall–Kier alpha value is -2.71. The van der Waals surface area contributed by atoms with Gasteiger partial charge in [0.2, 0.25) is 5.91 Å². The summed E-state index contributed by atoms with van der Waals surface area (Å²) < 4.78 is 0. The number of amides is 3. The first kappa shape index (κ1) is 30.3. The predicted octanol–water partition coefficient (Wildman–Crippen LogP) is 4.00. The molecule has 8 heteroatoms. The Kier molecular flexibility index (Phi) is 13.3. The van der Waals surface area contributed by atoms with E-state index < -0.39 is 23.9 Å². The molecule has 4 N–H and O–H groups in total. The van der Waals surface area contributed by atoms with Gasteiger partial charge in [0, 0.05) is 13.0 Å². The Morgan fingerprint density at radius 3 is 2.14 bits per heavy atom. The van der Waals surface area contributed by atoms with Gasteiger partial charge in [0.15, 0.2) is 0 Å². The molecule has 35 heavy (non-hydrogen) atoms. The van der Waals surface area contributed by atoms with Gasteiger partial charge in [0.1, 0.15) is 6.04 Å². The van der Waals surface area contributed by atoms with Crippen molar-refractivity contribution in [3.05, 3.63) is 42.0 Å². The predicted molar refractivity (Wildman–Crippen MR) is 139 cm³/mol. The number of hydrazine groups is 1. The Labute approximate surface area is 210 Å². The summed E-state index contributed by atoms with van der Waals surface area (Å²) in [6.07, 6.45) is 4.93. The van der Waals surface area contributed by atoms with Gasteiger partial charge in [0.05, 0.1) is 6.04 Å². The normalized spacial score (nSPS) is 13.3. The van der Waals surface area contributed by atoms with E-state index in [4.69, 9.17) is 5.73 Å². The summed E-state index contributed by atoms with van der Waals surface area (Å²) >= 11 is 0. The molecule has 0 fully saturated rings. The molecule has 1 aromatic carbocycles. The molecule has 0 bridgehead atoms. The standard InChI is InChI=1S/C27H44N4O4/c1-19(2)15-16-25(32)31(30(18-21(5)6)27(34)23(28)17-20(3)4)24(26(33)29-35)14-10-13-22-11-8-7-9-12-22/h7-13,19-21,23-24,35H,14-18,28H2,1-6H3,(H,29,33)/t23-,24+/m1/s1. The number of rotatable bonds is 13. The summed E-state index contributed by atoms with van der Waals surface area (Å²) in [6.45, 7) is 12.0. The Morgan fingerprint density at radius 1 is 1.00 bits per heavy atom. The van der Waals surface area contributed by atoms with Crippen LogP contribution < -0.4 is 11.2 Å². The highest BCUT2D eigenvalue weighted by atomic mass is 16.5. The van der Waals surface area contributed by atoms with Crippen molar-refractivity contribution < 1.29 is 19.6 Å². The molecule has 0 heterocycles. The van der Waals surface area contributed by atoms with Crippen molar-refractivity contribution >= 4 is 23.8 Å². The van der Waals surface area contributed by atoms with Crippen LogP contribution in [0.25, 0.3) is 6.08 Å². The lowest BCUT2D eigenvalue weighted by Crippen LogP contribution is -2.62. The SMILES string of the molecule is CC(C)CCC(=O)N([C@@H](CC=Cc1ccccc1)C(=O)NO)N(CC(C)C)C(=O)[C@H](N)CC(C)C. The molecule has 0 aliphatic rings. The first-order valence-electron chi connectivity index (χ1n) is 12.5. The van der Waals surface area contributed by atoms with Crippen molar-refractivity contribution in [3.63, 3.8) is 0 Å². The number of hydrogen-bond acceptors (Lipinski definition) is 5. The molecule has 0 spiro atoms. The zero-order valence-corrected chi connectivity index (χ0v) is 22.1. The molecule has 0 unspecified atom stereocenters. The molecular weight excluding hydrogens is 444 g/mol. The molecule has 3 amide bonds. The second kappa shape index (κ2) is 15.3. The number of carbonyl (C=O) groups excluding carboxylic acids is 3. The summed E-state index contributed by atoms with van der Waals surface area (Å²) in [6, 6.07) is 7.62. The number of nitrogens with zero attached hydrogens (tertiary/aromatic N) is 2. The average molecular weight is 489 g/mol. The number of nitrogens with two attached hydrogens (primary N) is 1. The molecule has 2 atom stereocenters. The minimum Gasteiger partial charge on any atom is -0.320 e. The zero-order valence-electron chi connectivity index (χ0n) is 22.1. The monoisotopic (exact) mass is 488 g/mol. The fourth-order valence-corrected chi connectivity index (χ4v) is 3.72. The number of benzene rings is 1. The number of hydroxylamine groups is 1. The molecule has 1 rings (SSSR count). The topological polar surface area (TPSA) is 116 Å². The van der Waals surface area contributed by atoms with E-state index in [2.05, 4.69) is 0 Å². The van der Waals surface area contributed by atoms with E-state index in [1.165, 1.54) is 10.0 Å². The summed E-state index contributed by atoms with van der Waals surface area (Å²) in [5, 5.41) is 12.1. The highest BCUT2D eigenvalue weighted by molar-refractivity contribution is 5.90. The summed E-state index contributed by atoms with van der Waals surface area (Å²) in [5.41, 5.74) is 8.87. The van der Waals surface area contributed by atoms with E-state index in [0.717, 1.165) is 5.56 Å². The van der Waals surface area contributed by atoms with Crippen molar-refractivity contribution in [1.82, 2.24) is 15.5 Å². The van der Waals surface area contributed by atoms with Crippen molar-refractivity contribution in [3.8, 4) is 0 Å². The Bertz CT molecular complexity index is 824. The van der Waals surface area contributed by atoms with Crippen molar-refractivity contribution in [2.45, 2.75) is 79.3 Å². The molecule has 0 radical (unpaired) electrons. The maximum absolute atomic E-state index is 13.5. The van der Waals surface area contributed by atoms with Crippen LogP contribution in [-0.4, -0.2) is 51.6 Å². The van der Waals surface area contributed by atoms with E-state index in [1.54, 1.807) is 11.6 Å². The second-order valence-electron chi connectivity index (χ2n) is 10.3. The van der Waals surface area contributed by atoms with Gasteiger partial charge in [-0.1, -0.05) is 84.0 Å². The molecule has 1 aromatic rings. The quantitative estimate of drug-likeness (QED) is 0.287. The molecule has 0 saturated heterocycles. The third kappa shape index (κ3) is 10.6. The maximum atomic E-state index is 13.5. The second-order valence-corrected chi connectivity index (χ2v) is 10.3. The molecule has 0 aliphatic heterocycles. The lowest BCUT2D eigenvalue weighted by atomic mass is 10.0. The van der Waals surface area contributed by atoms with Gasteiger partial charge in [0.25, 0.3) is 11.8 Å². The van der Waals surface area contributed by atoms with Gasteiger partial charge < -0.3 is 5.73 Å². The number of hydrogen-bond donors (Lipinski definition) is 3. The number of carbonyl (C=O) groups is 3. The van der Waals surface area contributed by atoms with Crippen LogP contribution in [-0.2, 0) is 14.4 Å². The summed E-state index contributed by atoms with van der Waals surface area (Å²) in [4.78, 5) is 39.9. The van der Waals surface area contributed by atoms with Gasteiger partial charge in [-0.15, -0.1) is 0 Å². The van der Waals surface area contributed by atoms with Crippen LogP contribution in [0, 0.1) is 17.8 Å². The third-order valence-corrected chi connectivity index (χ3v) is 5.46. The van der Waals surface area contributed by atoms with E-state index in [9.17, 15) is 19.6 Å². The fraction of sp³-hybridized carbons (Fsp3) is 0.593. The molecule has 0 saturated carbocycles. The summed E-state index contributed by atoms with van der Waals surface area (Å²) in [7, 11) is 0. The smallest absolute Gasteiger partial charge is 0.268 e. The minimum absolute atomic E-state index is 0.0169. The van der Waals surface area contributed by atoms with Crippen molar-refractivity contribution in [2.75, 3.05) is 6.54 Å². The lowest BCUT2D eigenvalue weighted by molar-refractivity contribution is -0.176. The Morgan fingerprint density at radius 2 is 1.63 bits per heavy atom. The largest absolute Gasteiger partial charge is 0.320 e. The number of nitrogens with one attached hydrogen (secondary N) is 1. The highest BCUT2D eigenvalue weighted by Gasteiger charge is 2.37. The third-order valence-electron chi connectivity index (χ3n) is 5.46. The first-order valence-corrected chi connectivity index (χ1v) is 12.5. The Balaban J connectivity index is 3.44. The van der Waals surface area contributed by atoms with Crippen LogP contribution in [0.2, 0.25) is 0 Å². The zero-order chi connectivity index (χ0) is 26.5. The van der Waals surface area contributed by atoms with Crippen LogP contribution in [0.4, 0.5) is 0 Å². The average Bonchev–Trinajstić information content (AvgIpc) is 2.80. The van der Waals surface area contributed by atoms with Crippen LogP contribution in [0.5, 0.6) is 0 Å². The highest BCUT2D eigenvalue weighted by Crippen LogP contribution is 2.20. The molecular formula is C27H44N4O4. The molecule has 0 aliphatic carbocycles. The maximum Gasteiger partial charge on any atom is 0.268 e. The summed E-state index contributed by atoms with van der Waals surface area (Å²) in [5.74, 6) is -1.06. The van der Waals surface area contributed by atoms with Crippen molar-refractivity contribution in [2.24, 2.45) is 23.5 Å². The van der Waals surface area contributed by atoms with Crippen LogP contribution in [0.15, 0.2) is 36.4 Å². The van der Waals surface area contributed by atoms with Gasteiger partial charge in [-0.3, -0.25) is 19.6 Å². The van der Waals surface area contributed by atoms with Gasteiger partial charge in [-0.05, 0) is 42.6 Å². The van der Waals surface area contributed by atoms with Crippen molar-refractivity contribution in [1.29, 1.82) is 0 Å². The molecule has 0 aromatic heterocycles. The van der Waals surface area contributed by atoms with Gasteiger partial charge in [-0.2, -0.15) is 0 Å². The molecule has 196 valence electrons. The lowest BCUT2D eigenvalue weighted by Gasteiger charge is -2.41. The molecule has 8 nitrogen and oxygen atoms in total. The van der Waals surface area contributed by atoms with E-state index in [1.807, 2.05) is 78.0 Å². The fourth-order valence-electron chi connectivity index (χ4n) is 3.72. The van der Waals surface area contributed by atoms with E-state index >= 15 is 0 Å². The van der Waals surface area contributed by atoms with Crippen LogP contribution in [0.3, 0.4) is 0 Å². The minimum atomic E-state index is -1.12.